The summed E-state index contributed by atoms with van der Waals surface area (Å²) in [6, 6.07) is 14.2. The highest BCUT2D eigenvalue weighted by atomic mass is 32.2. The summed E-state index contributed by atoms with van der Waals surface area (Å²) in [5, 5.41) is 7.37. The van der Waals surface area contributed by atoms with Gasteiger partial charge in [-0.3, -0.25) is 4.31 Å². The fraction of sp³-hybridized carbons (Fsp3) is 0.167. The molecule has 2 aromatic carbocycles. The number of ether oxygens (including phenoxy) is 1. The Hall–Kier alpha value is -3.20. The lowest BCUT2D eigenvalue weighted by Crippen LogP contribution is -2.26. The van der Waals surface area contributed by atoms with Crippen molar-refractivity contribution in [2.45, 2.75) is 18.4 Å². The number of carbonyl (C=O) groups is 1. The highest BCUT2D eigenvalue weighted by Crippen LogP contribution is 2.22. The van der Waals surface area contributed by atoms with Gasteiger partial charge in [0.25, 0.3) is 15.9 Å². The SMILES string of the molecule is Cc1nnc(COC(=O)c2ccc(S(=O)(=O)N(C)c3ccccc3)cc2)o1. The Bertz CT molecular complexity index is 1030. The molecular weight excluding hydrogens is 370 g/mol. The number of para-hydroxylation sites is 1. The van der Waals surface area contributed by atoms with Gasteiger partial charge in [-0.2, -0.15) is 0 Å². The maximum absolute atomic E-state index is 12.7. The molecule has 0 saturated heterocycles. The number of carbonyl (C=O) groups excluding carboxylic acids is 1. The number of hydrogen-bond acceptors (Lipinski definition) is 7. The van der Waals surface area contributed by atoms with E-state index in [4.69, 9.17) is 9.15 Å². The first-order valence-electron chi connectivity index (χ1n) is 7.98. The molecular formula is C18H17N3O5S. The summed E-state index contributed by atoms with van der Waals surface area (Å²) >= 11 is 0. The molecule has 0 atom stereocenters. The van der Waals surface area contributed by atoms with Crippen molar-refractivity contribution in [2.24, 2.45) is 0 Å². The van der Waals surface area contributed by atoms with Gasteiger partial charge in [-0.25, -0.2) is 13.2 Å². The molecule has 0 saturated carbocycles. The Balaban J connectivity index is 1.71. The van der Waals surface area contributed by atoms with Gasteiger partial charge in [0.1, 0.15) is 0 Å². The van der Waals surface area contributed by atoms with Crippen LogP contribution < -0.4 is 4.31 Å². The molecule has 1 heterocycles. The van der Waals surface area contributed by atoms with Gasteiger partial charge in [0.2, 0.25) is 5.89 Å². The molecule has 8 nitrogen and oxygen atoms in total. The number of benzene rings is 2. The molecule has 0 radical (unpaired) electrons. The van der Waals surface area contributed by atoms with Crippen LogP contribution in [-0.4, -0.2) is 31.6 Å². The van der Waals surface area contributed by atoms with E-state index in [2.05, 4.69) is 10.2 Å². The van der Waals surface area contributed by atoms with Gasteiger partial charge in [-0.05, 0) is 36.4 Å². The average molecular weight is 387 g/mol. The van der Waals surface area contributed by atoms with E-state index in [9.17, 15) is 13.2 Å². The summed E-state index contributed by atoms with van der Waals surface area (Å²) in [4.78, 5) is 12.1. The summed E-state index contributed by atoms with van der Waals surface area (Å²) in [6.45, 7) is 1.47. The summed E-state index contributed by atoms with van der Waals surface area (Å²) in [6.07, 6.45) is 0. The summed E-state index contributed by atoms with van der Waals surface area (Å²) in [7, 11) is -2.27. The Morgan fingerprint density at radius 3 is 2.33 bits per heavy atom. The van der Waals surface area contributed by atoms with E-state index < -0.39 is 16.0 Å². The first kappa shape index (κ1) is 18.6. The van der Waals surface area contributed by atoms with Crippen LogP contribution in [0.4, 0.5) is 5.69 Å². The average Bonchev–Trinajstić information content (AvgIpc) is 3.11. The van der Waals surface area contributed by atoms with Gasteiger partial charge in [-0.1, -0.05) is 18.2 Å². The van der Waals surface area contributed by atoms with Gasteiger partial charge in [0.05, 0.1) is 16.1 Å². The first-order chi connectivity index (χ1) is 12.9. The van der Waals surface area contributed by atoms with E-state index in [1.165, 1.54) is 35.6 Å². The number of rotatable bonds is 6. The molecule has 0 aliphatic rings. The standard InChI is InChI=1S/C18H17N3O5S/c1-13-19-20-17(26-13)12-25-18(22)14-8-10-16(11-9-14)27(23,24)21(2)15-6-4-3-5-7-15/h3-11H,12H2,1-2H3. The monoisotopic (exact) mass is 387 g/mol. The van der Waals surface area contributed by atoms with Crippen LogP contribution in [0.5, 0.6) is 0 Å². The number of aromatic nitrogens is 2. The number of sulfonamides is 1. The van der Waals surface area contributed by atoms with Crippen LogP contribution >= 0.6 is 0 Å². The fourth-order valence-corrected chi connectivity index (χ4v) is 3.50. The molecule has 0 spiro atoms. The van der Waals surface area contributed by atoms with Gasteiger partial charge in [0.15, 0.2) is 6.61 Å². The topological polar surface area (TPSA) is 103 Å². The largest absolute Gasteiger partial charge is 0.452 e. The number of hydrogen-bond donors (Lipinski definition) is 0. The van der Waals surface area contributed by atoms with E-state index in [1.807, 2.05) is 0 Å². The van der Waals surface area contributed by atoms with Crippen molar-refractivity contribution in [1.82, 2.24) is 10.2 Å². The van der Waals surface area contributed by atoms with Crippen molar-refractivity contribution in [3.8, 4) is 0 Å². The molecule has 0 unspecified atom stereocenters. The summed E-state index contributed by atoms with van der Waals surface area (Å²) in [5.41, 5.74) is 0.753. The van der Waals surface area contributed by atoms with Crippen molar-refractivity contribution < 1.29 is 22.4 Å². The second-order valence-electron chi connectivity index (χ2n) is 5.62. The smallest absolute Gasteiger partial charge is 0.338 e. The van der Waals surface area contributed by atoms with Crippen molar-refractivity contribution in [2.75, 3.05) is 11.4 Å². The van der Waals surface area contributed by atoms with E-state index in [0.717, 1.165) is 0 Å². The molecule has 3 rings (SSSR count). The minimum Gasteiger partial charge on any atom is -0.452 e. The number of anilines is 1. The van der Waals surface area contributed by atoms with E-state index in [0.29, 0.717) is 11.6 Å². The lowest BCUT2D eigenvalue weighted by atomic mass is 10.2. The van der Waals surface area contributed by atoms with Gasteiger partial charge in [-0.15, -0.1) is 10.2 Å². The van der Waals surface area contributed by atoms with E-state index in [1.54, 1.807) is 37.3 Å². The molecule has 0 aliphatic heterocycles. The quantitative estimate of drug-likeness (QED) is 0.599. The van der Waals surface area contributed by atoms with Crippen molar-refractivity contribution in [1.29, 1.82) is 0 Å². The fourth-order valence-electron chi connectivity index (χ4n) is 2.30. The van der Waals surface area contributed by atoms with Crippen LogP contribution in [0.3, 0.4) is 0 Å². The highest BCUT2D eigenvalue weighted by molar-refractivity contribution is 7.92. The molecule has 0 N–H and O–H groups in total. The second kappa shape index (κ2) is 7.58. The van der Waals surface area contributed by atoms with Crippen LogP contribution in [0, 0.1) is 6.92 Å². The van der Waals surface area contributed by atoms with E-state index in [-0.39, 0.29) is 23.0 Å². The molecule has 1 aromatic heterocycles. The first-order valence-corrected chi connectivity index (χ1v) is 9.42. The predicted octanol–water partition coefficient (Wildman–Crippen LogP) is 2.56. The Morgan fingerprint density at radius 1 is 1.07 bits per heavy atom. The number of nitrogens with zero attached hydrogens (tertiary/aromatic N) is 3. The Morgan fingerprint density at radius 2 is 1.74 bits per heavy atom. The van der Waals surface area contributed by atoms with Crippen LogP contribution in [0.2, 0.25) is 0 Å². The minimum atomic E-state index is -3.74. The minimum absolute atomic E-state index is 0.0675. The van der Waals surface area contributed by atoms with Crippen molar-refractivity contribution in [3.05, 3.63) is 71.9 Å². The van der Waals surface area contributed by atoms with Crippen molar-refractivity contribution >= 4 is 21.7 Å². The second-order valence-corrected chi connectivity index (χ2v) is 7.59. The normalized spacial score (nSPS) is 11.2. The maximum Gasteiger partial charge on any atom is 0.338 e. The van der Waals surface area contributed by atoms with Crippen LogP contribution in [0.15, 0.2) is 63.9 Å². The molecule has 140 valence electrons. The molecule has 0 bridgehead atoms. The molecule has 3 aromatic rings. The summed E-state index contributed by atoms with van der Waals surface area (Å²) in [5.74, 6) is -0.0612. The molecule has 0 fully saturated rings. The van der Waals surface area contributed by atoms with Gasteiger partial charge < -0.3 is 9.15 Å². The van der Waals surface area contributed by atoms with E-state index >= 15 is 0 Å². The molecule has 27 heavy (non-hydrogen) atoms. The predicted molar refractivity (Wildman–Crippen MR) is 96.6 cm³/mol. The Labute approximate surface area is 156 Å². The third-order valence-corrected chi connectivity index (χ3v) is 5.56. The number of aryl methyl sites for hydroxylation is 1. The third kappa shape index (κ3) is 4.14. The van der Waals surface area contributed by atoms with Crippen LogP contribution in [-0.2, 0) is 21.4 Å². The number of esters is 1. The zero-order valence-corrected chi connectivity index (χ0v) is 15.5. The van der Waals surface area contributed by atoms with Crippen molar-refractivity contribution in [3.63, 3.8) is 0 Å². The molecule has 9 heteroatoms. The van der Waals surface area contributed by atoms with Gasteiger partial charge >= 0.3 is 5.97 Å². The zero-order chi connectivity index (χ0) is 19.4. The van der Waals surface area contributed by atoms with Crippen LogP contribution in [0.1, 0.15) is 22.1 Å². The maximum atomic E-state index is 12.7. The zero-order valence-electron chi connectivity index (χ0n) is 14.7. The van der Waals surface area contributed by atoms with Gasteiger partial charge in [0, 0.05) is 14.0 Å². The third-order valence-electron chi connectivity index (χ3n) is 3.76. The lowest BCUT2D eigenvalue weighted by molar-refractivity contribution is 0.0436. The Kier molecular flexibility index (Phi) is 5.22. The highest BCUT2D eigenvalue weighted by Gasteiger charge is 2.21. The summed E-state index contributed by atoms with van der Waals surface area (Å²) < 4.78 is 36.8. The lowest BCUT2D eigenvalue weighted by Gasteiger charge is -2.19. The molecule has 0 amide bonds. The molecule has 0 aliphatic carbocycles. The van der Waals surface area contributed by atoms with Crippen LogP contribution in [0.25, 0.3) is 0 Å².